The zero-order chi connectivity index (χ0) is 22.6. The van der Waals surface area contributed by atoms with Gasteiger partial charge in [0.15, 0.2) is 11.6 Å². The number of esters is 1. The van der Waals surface area contributed by atoms with E-state index in [9.17, 15) is 26.8 Å². The van der Waals surface area contributed by atoms with Crippen LogP contribution in [0.15, 0.2) is 36.4 Å². The van der Waals surface area contributed by atoms with Crippen LogP contribution in [0, 0.1) is 18.6 Å². The second-order valence-corrected chi connectivity index (χ2v) is 8.43. The van der Waals surface area contributed by atoms with Gasteiger partial charge in [-0.1, -0.05) is 6.07 Å². The van der Waals surface area contributed by atoms with E-state index in [1.807, 2.05) is 0 Å². The minimum absolute atomic E-state index is 0.184. The Bertz CT molecular complexity index is 1070. The Balaban J connectivity index is 2.35. The Morgan fingerprint density at radius 2 is 1.80 bits per heavy atom. The molecule has 7 nitrogen and oxygen atoms in total. The number of carbonyl (C=O) groups excluding carboxylic acids is 2. The molecule has 2 aromatic carbocycles. The van der Waals surface area contributed by atoms with Gasteiger partial charge in [-0.25, -0.2) is 22.0 Å². The van der Waals surface area contributed by atoms with Crippen LogP contribution in [-0.2, 0) is 19.6 Å². The van der Waals surface area contributed by atoms with Gasteiger partial charge in [0.2, 0.25) is 15.9 Å². The third kappa shape index (κ3) is 5.32. The molecule has 2 rings (SSSR count). The predicted molar refractivity (Wildman–Crippen MR) is 109 cm³/mol. The molecule has 0 heterocycles. The van der Waals surface area contributed by atoms with E-state index in [2.05, 4.69) is 5.32 Å². The third-order valence-corrected chi connectivity index (χ3v) is 5.49. The molecule has 0 saturated carbocycles. The van der Waals surface area contributed by atoms with Crippen LogP contribution in [0.4, 0.5) is 20.2 Å². The summed E-state index contributed by atoms with van der Waals surface area (Å²) < 4.78 is 57.1. The lowest BCUT2D eigenvalue weighted by Gasteiger charge is -2.28. The molecule has 0 bridgehead atoms. The molecule has 162 valence electrons. The van der Waals surface area contributed by atoms with Gasteiger partial charge in [0.05, 0.1) is 24.1 Å². The van der Waals surface area contributed by atoms with E-state index in [0.29, 0.717) is 15.9 Å². The van der Waals surface area contributed by atoms with Crippen LogP contribution in [0.2, 0.25) is 0 Å². The van der Waals surface area contributed by atoms with Crippen molar-refractivity contribution < 1.29 is 31.5 Å². The highest BCUT2D eigenvalue weighted by Crippen LogP contribution is 2.24. The minimum Gasteiger partial charge on any atom is -0.462 e. The average molecular weight is 440 g/mol. The van der Waals surface area contributed by atoms with Crippen molar-refractivity contribution in [3.63, 3.8) is 0 Å². The number of anilines is 2. The second kappa shape index (κ2) is 9.21. The molecule has 0 spiro atoms. The van der Waals surface area contributed by atoms with E-state index in [0.717, 1.165) is 18.4 Å². The summed E-state index contributed by atoms with van der Waals surface area (Å²) in [6, 6.07) is 5.81. The molecule has 0 aliphatic carbocycles. The molecule has 30 heavy (non-hydrogen) atoms. The van der Waals surface area contributed by atoms with Gasteiger partial charge in [-0.3, -0.25) is 9.10 Å². The summed E-state index contributed by atoms with van der Waals surface area (Å²) in [4.78, 5) is 24.7. The van der Waals surface area contributed by atoms with Crippen LogP contribution < -0.4 is 9.62 Å². The summed E-state index contributed by atoms with van der Waals surface area (Å²) in [5.41, 5.74) is 0.931. The fourth-order valence-corrected chi connectivity index (χ4v) is 3.93. The SMILES string of the molecule is CCOC(=O)c1ccc(C)c(NC(=O)[C@@H](C)N(c2ccc(F)c(F)c2)S(C)(=O)=O)c1. The van der Waals surface area contributed by atoms with Crippen LogP contribution in [-0.4, -0.2) is 39.2 Å². The van der Waals surface area contributed by atoms with Crippen molar-refractivity contribution in [2.24, 2.45) is 0 Å². The number of nitrogens with one attached hydrogen (secondary N) is 1. The summed E-state index contributed by atoms with van der Waals surface area (Å²) in [6.45, 7) is 4.85. The molecule has 1 N–H and O–H groups in total. The molecule has 0 radical (unpaired) electrons. The number of halogens is 2. The minimum atomic E-state index is -4.01. The maximum absolute atomic E-state index is 13.6. The summed E-state index contributed by atoms with van der Waals surface area (Å²) in [7, 11) is -4.01. The molecule has 10 heteroatoms. The molecular formula is C20H22F2N2O5S. The lowest BCUT2D eigenvalue weighted by atomic mass is 10.1. The number of hydrogen-bond donors (Lipinski definition) is 1. The summed E-state index contributed by atoms with van der Waals surface area (Å²) in [5.74, 6) is -3.68. The Labute approximate surface area is 173 Å². The van der Waals surface area contributed by atoms with Gasteiger partial charge in [0, 0.05) is 11.8 Å². The van der Waals surface area contributed by atoms with E-state index < -0.39 is 39.6 Å². The van der Waals surface area contributed by atoms with Gasteiger partial charge in [0.25, 0.3) is 0 Å². The van der Waals surface area contributed by atoms with Gasteiger partial charge in [-0.2, -0.15) is 0 Å². The van der Waals surface area contributed by atoms with Crippen molar-refractivity contribution in [1.29, 1.82) is 0 Å². The monoisotopic (exact) mass is 440 g/mol. The first-order valence-corrected chi connectivity index (χ1v) is 10.8. The highest BCUT2D eigenvalue weighted by molar-refractivity contribution is 7.92. The smallest absolute Gasteiger partial charge is 0.338 e. The maximum atomic E-state index is 13.6. The number of nitrogens with zero attached hydrogens (tertiary/aromatic N) is 1. The van der Waals surface area contributed by atoms with E-state index >= 15 is 0 Å². The predicted octanol–water partition coefficient (Wildman–Crippen LogP) is 3.24. The van der Waals surface area contributed by atoms with E-state index in [-0.39, 0.29) is 23.5 Å². The zero-order valence-electron chi connectivity index (χ0n) is 16.9. The first-order valence-electron chi connectivity index (χ1n) is 8.98. The van der Waals surface area contributed by atoms with Gasteiger partial charge in [-0.15, -0.1) is 0 Å². The number of hydrogen-bond acceptors (Lipinski definition) is 5. The average Bonchev–Trinajstić information content (AvgIpc) is 2.65. The standard InChI is InChI=1S/C20H22F2N2O5S/c1-5-29-20(26)14-7-6-12(2)18(10-14)23-19(25)13(3)24(30(4,27)28)15-8-9-16(21)17(22)11-15/h6-11,13H,5H2,1-4H3,(H,23,25)/t13-/m1/s1. The number of sulfonamides is 1. The van der Waals surface area contributed by atoms with Crippen LogP contribution in [0.3, 0.4) is 0 Å². The van der Waals surface area contributed by atoms with E-state index in [1.165, 1.54) is 19.1 Å². The summed E-state index contributed by atoms with van der Waals surface area (Å²) in [6.07, 6.45) is 0.852. The second-order valence-electron chi connectivity index (χ2n) is 6.57. The van der Waals surface area contributed by atoms with Crippen molar-refractivity contribution in [1.82, 2.24) is 0 Å². The van der Waals surface area contributed by atoms with Crippen molar-refractivity contribution in [3.05, 3.63) is 59.2 Å². The quantitative estimate of drug-likeness (QED) is 0.668. The number of carbonyl (C=O) groups is 2. The summed E-state index contributed by atoms with van der Waals surface area (Å²) >= 11 is 0. The molecule has 0 aliphatic heterocycles. The van der Waals surface area contributed by atoms with Crippen molar-refractivity contribution in [2.45, 2.75) is 26.8 Å². The van der Waals surface area contributed by atoms with Gasteiger partial charge >= 0.3 is 5.97 Å². The summed E-state index contributed by atoms with van der Waals surface area (Å²) in [5, 5.41) is 2.58. The normalized spacial score (nSPS) is 12.2. The van der Waals surface area contributed by atoms with Crippen molar-refractivity contribution >= 4 is 33.3 Å². The molecule has 0 aromatic heterocycles. The molecule has 0 aliphatic rings. The fraction of sp³-hybridized carbons (Fsp3) is 0.300. The molecule has 0 fully saturated rings. The number of aryl methyl sites for hydroxylation is 1. The van der Waals surface area contributed by atoms with Crippen LogP contribution in [0.5, 0.6) is 0 Å². The Kier molecular flexibility index (Phi) is 7.14. The largest absolute Gasteiger partial charge is 0.462 e. The van der Waals surface area contributed by atoms with E-state index in [1.54, 1.807) is 19.9 Å². The Hall–Kier alpha value is -3.01. The van der Waals surface area contributed by atoms with Gasteiger partial charge in [-0.05, 0) is 50.6 Å². The molecule has 2 aromatic rings. The van der Waals surface area contributed by atoms with E-state index in [4.69, 9.17) is 4.74 Å². The highest BCUT2D eigenvalue weighted by Gasteiger charge is 2.30. The van der Waals surface area contributed by atoms with Crippen LogP contribution in [0.1, 0.15) is 29.8 Å². The fourth-order valence-electron chi connectivity index (χ4n) is 2.77. The number of rotatable bonds is 7. The third-order valence-electron chi connectivity index (χ3n) is 4.25. The molecular weight excluding hydrogens is 418 g/mol. The number of amides is 1. The Morgan fingerprint density at radius 1 is 1.13 bits per heavy atom. The molecule has 1 atom stereocenters. The number of benzene rings is 2. The topological polar surface area (TPSA) is 92.8 Å². The molecule has 0 saturated heterocycles. The first kappa shape index (κ1) is 23.3. The maximum Gasteiger partial charge on any atom is 0.338 e. The highest BCUT2D eigenvalue weighted by atomic mass is 32.2. The van der Waals surface area contributed by atoms with Gasteiger partial charge < -0.3 is 10.1 Å². The molecule has 0 unspecified atom stereocenters. The molecule has 1 amide bonds. The van der Waals surface area contributed by atoms with Crippen molar-refractivity contribution in [3.8, 4) is 0 Å². The van der Waals surface area contributed by atoms with Gasteiger partial charge in [0.1, 0.15) is 6.04 Å². The zero-order valence-corrected chi connectivity index (χ0v) is 17.7. The lowest BCUT2D eigenvalue weighted by Crippen LogP contribution is -2.45. The number of ether oxygens (including phenoxy) is 1. The Morgan fingerprint density at radius 3 is 2.37 bits per heavy atom. The lowest BCUT2D eigenvalue weighted by molar-refractivity contribution is -0.116. The van der Waals surface area contributed by atoms with Crippen molar-refractivity contribution in [2.75, 3.05) is 22.5 Å². The first-order chi connectivity index (χ1) is 14.0. The van der Waals surface area contributed by atoms with Crippen LogP contribution in [0.25, 0.3) is 0 Å². The van der Waals surface area contributed by atoms with Crippen LogP contribution >= 0.6 is 0 Å².